The van der Waals surface area contributed by atoms with Gasteiger partial charge in [-0.15, -0.1) is 0 Å². The molecule has 2 fully saturated rings. The van der Waals surface area contributed by atoms with Gasteiger partial charge in [-0.2, -0.15) is 11.8 Å². The Hall–Kier alpha value is 0.270. The van der Waals surface area contributed by atoms with Gasteiger partial charge in [0, 0.05) is 42.7 Å². The van der Waals surface area contributed by atoms with E-state index in [1.54, 1.807) is 0 Å². The summed E-state index contributed by atoms with van der Waals surface area (Å²) in [7, 11) is 0. The minimum absolute atomic E-state index is 0.250. The van der Waals surface area contributed by atoms with Crippen LogP contribution in [0.1, 0.15) is 39.0 Å². The normalized spacial score (nSPS) is 30.8. The van der Waals surface area contributed by atoms with E-state index in [0.717, 1.165) is 11.8 Å². The fourth-order valence-corrected chi connectivity index (χ4v) is 4.39. The maximum Gasteiger partial charge on any atom is 0.0499 e. The largest absolute Gasteiger partial charge is 0.396 e. The number of hydrogen-bond donors (Lipinski definition) is 1. The minimum atomic E-state index is 0.250. The fourth-order valence-electron chi connectivity index (χ4n) is 3.14. The molecule has 1 atom stereocenters. The Balaban J connectivity index is 1.87. The molecule has 0 radical (unpaired) electrons. The lowest BCUT2D eigenvalue weighted by molar-refractivity contribution is 0.0795. The Morgan fingerprint density at radius 1 is 1.38 bits per heavy atom. The Morgan fingerprint density at radius 3 is 2.75 bits per heavy atom. The summed E-state index contributed by atoms with van der Waals surface area (Å²) < 4.78 is 0. The van der Waals surface area contributed by atoms with Crippen molar-refractivity contribution in [3.8, 4) is 0 Å². The van der Waals surface area contributed by atoms with Crippen LogP contribution < -0.4 is 0 Å². The molecule has 0 amide bonds. The zero-order valence-corrected chi connectivity index (χ0v) is 11.3. The van der Waals surface area contributed by atoms with Crippen LogP contribution in [0.3, 0.4) is 0 Å². The van der Waals surface area contributed by atoms with Crippen LogP contribution >= 0.6 is 11.8 Å². The number of rotatable bonds is 4. The van der Waals surface area contributed by atoms with Crippen molar-refractivity contribution >= 4 is 11.8 Å². The minimum Gasteiger partial charge on any atom is -0.396 e. The first-order chi connectivity index (χ1) is 7.78. The van der Waals surface area contributed by atoms with Crippen LogP contribution in [0.2, 0.25) is 0 Å². The number of thioether (sulfide) groups is 1. The molecule has 1 aliphatic carbocycles. The highest BCUT2D eigenvalue weighted by molar-refractivity contribution is 8.00. The van der Waals surface area contributed by atoms with Crippen molar-refractivity contribution in [3.63, 3.8) is 0 Å². The second-order valence-electron chi connectivity index (χ2n) is 5.50. The lowest BCUT2D eigenvalue weighted by atomic mass is 9.86. The molecule has 16 heavy (non-hydrogen) atoms. The molecule has 1 unspecified atom stereocenters. The molecule has 1 heterocycles. The van der Waals surface area contributed by atoms with Gasteiger partial charge in [0.05, 0.1) is 0 Å². The van der Waals surface area contributed by atoms with E-state index < -0.39 is 0 Å². The van der Waals surface area contributed by atoms with E-state index in [9.17, 15) is 5.11 Å². The lowest BCUT2D eigenvalue weighted by Gasteiger charge is -2.38. The molecular weight excluding hydrogens is 218 g/mol. The topological polar surface area (TPSA) is 23.5 Å². The first-order valence-electron chi connectivity index (χ1n) is 6.73. The van der Waals surface area contributed by atoms with E-state index >= 15 is 0 Å². The Bertz CT molecular complexity index is 216. The van der Waals surface area contributed by atoms with Gasteiger partial charge in [0.2, 0.25) is 0 Å². The molecule has 0 aromatic rings. The third kappa shape index (κ3) is 2.93. The lowest BCUT2D eigenvalue weighted by Crippen LogP contribution is -2.45. The maximum atomic E-state index is 9.64. The van der Waals surface area contributed by atoms with Crippen molar-refractivity contribution in [1.82, 2.24) is 4.90 Å². The number of aliphatic hydroxyl groups is 1. The van der Waals surface area contributed by atoms with Gasteiger partial charge in [-0.05, 0) is 19.3 Å². The Morgan fingerprint density at radius 2 is 2.12 bits per heavy atom. The van der Waals surface area contributed by atoms with Gasteiger partial charge < -0.3 is 10.0 Å². The third-order valence-electron chi connectivity index (χ3n) is 4.24. The smallest absolute Gasteiger partial charge is 0.0499 e. The number of nitrogens with zero attached hydrogens (tertiary/aromatic N) is 1. The first kappa shape index (κ1) is 12.7. The van der Waals surface area contributed by atoms with Crippen molar-refractivity contribution in [2.45, 2.75) is 44.3 Å². The van der Waals surface area contributed by atoms with Crippen LogP contribution in [-0.4, -0.2) is 47.3 Å². The summed E-state index contributed by atoms with van der Waals surface area (Å²) in [6.07, 6.45) is 6.40. The predicted octanol–water partition coefficient (Wildman–Crippen LogP) is 2.37. The van der Waals surface area contributed by atoms with E-state index in [1.807, 2.05) is 0 Å². The molecule has 0 aromatic heterocycles. The van der Waals surface area contributed by atoms with E-state index in [4.69, 9.17) is 0 Å². The summed E-state index contributed by atoms with van der Waals surface area (Å²) in [4.78, 5) is 2.60. The molecule has 1 saturated carbocycles. The van der Waals surface area contributed by atoms with Gasteiger partial charge in [0.1, 0.15) is 0 Å². The molecule has 0 bridgehead atoms. The summed E-state index contributed by atoms with van der Waals surface area (Å²) in [5.41, 5.74) is 0.250. The predicted molar refractivity (Wildman–Crippen MR) is 71.0 cm³/mol. The highest BCUT2D eigenvalue weighted by Crippen LogP contribution is 2.39. The highest BCUT2D eigenvalue weighted by atomic mass is 32.2. The third-order valence-corrected chi connectivity index (χ3v) is 5.61. The SMILES string of the molecule is CCC1CN(CC2(CO)CCCC2)CCS1. The number of aliphatic hydroxyl groups excluding tert-OH is 1. The van der Waals surface area contributed by atoms with Crippen molar-refractivity contribution < 1.29 is 5.11 Å². The molecule has 0 spiro atoms. The summed E-state index contributed by atoms with van der Waals surface area (Å²) in [6, 6.07) is 0. The van der Waals surface area contributed by atoms with Crippen molar-refractivity contribution in [2.24, 2.45) is 5.41 Å². The second kappa shape index (κ2) is 5.74. The standard InChI is InChI=1S/C13H25NOS/c1-2-12-9-14(7-8-16-12)10-13(11-15)5-3-4-6-13/h12,15H,2-11H2,1H3. The summed E-state index contributed by atoms with van der Waals surface area (Å²) >= 11 is 2.13. The Kier molecular flexibility index (Phi) is 4.57. The highest BCUT2D eigenvalue weighted by Gasteiger charge is 2.35. The average Bonchev–Trinajstić information content (AvgIpc) is 2.78. The first-order valence-corrected chi connectivity index (χ1v) is 7.78. The average molecular weight is 243 g/mol. The van der Waals surface area contributed by atoms with E-state index in [-0.39, 0.29) is 5.41 Å². The zero-order valence-electron chi connectivity index (χ0n) is 10.5. The molecule has 1 aliphatic heterocycles. The summed E-state index contributed by atoms with van der Waals surface area (Å²) in [5.74, 6) is 1.28. The van der Waals surface area contributed by atoms with E-state index in [0.29, 0.717) is 6.61 Å². The van der Waals surface area contributed by atoms with Crippen molar-refractivity contribution in [2.75, 3.05) is 32.0 Å². The molecule has 3 heteroatoms. The molecule has 1 N–H and O–H groups in total. The van der Waals surface area contributed by atoms with Crippen LogP contribution in [-0.2, 0) is 0 Å². The van der Waals surface area contributed by atoms with Crippen LogP contribution in [0.25, 0.3) is 0 Å². The van der Waals surface area contributed by atoms with Crippen LogP contribution in [0, 0.1) is 5.41 Å². The molecule has 2 nitrogen and oxygen atoms in total. The van der Waals surface area contributed by atoms with Crippen LogP contribution in [0.4, 0.5) is 0 Å². The second-order valence-corrected chi connectivity index (χ2v) is 6.91. The zero-order chi connectivity index (χ0) is 11.4. The molecule has 0 aromatic carbocycles. The molecule has 2 rings (SSSR count). The van der Waals surface area contributed by atoms with Crippen LogP contribution in [0.15, 0.2) is 0 Å². The molecular formula is C13H25NOS. The fraction of sp³-hybridized carbons (Fsp3) is 1.00. The summed E-state index contributed by atoms with van der Waals surface area (Å²) in [5, 5.41) is 10.5. The van der Waals surface area contributed by atoms with Gasteiger partial charge in [-0.1, -0.05) is 19.8 Å². The van der Waals surface area contributed by atoms with Gasteiger partial charge >= 0.3 is 0 Å². The van der Waals surface area contributed by atoms with Crippen molar-refractivity contribution in [3.05, 3.63) is 0 Å². The van der Waals surface area contributed by atoms with E-state index in [2.05, 4.69) is 23.6 Å². The number of hydrogen-bond acceptors (Lipinski definition) is 3. The van der Waals surface area contributed by atoms with Crippen LogP contribution in [0.5, 0.6) is 0 Å². The Labute approximate surface area is 104 Å². The molecule has 2 aliphatic rings. The maximum absolute atomic E-state index is 9.64. The van der Waals surface area contributed by atoms with Gasteiger partial charge in [0.25, 0.3) is 0 Å². The monoisotopic (exact) mass is 243 g/mol. The van der Waals surface area contributed by atoms with Gasteiger partial charge in [0.15, 0.2) is 0 Å². The van der Waals surface area contributed by atoms with Gasteiger partial charge in [-0.3, -0.25) is 0 Å². The van der Waals surface area contributed by atoms with Crippen molar-refractivity contribution in [1.29, 1.82) is 0 Å². The van der Waals surface area contributed by atoms with Gasteiger partial charge in [-0.25, -0.2) is 0 Å². The quantitative estimate of drug-likeness (QED) is 0.820. The summed E-state index contributed by atoms with van der Waals surface area (Å²) in [6.45, 7) is 6.29. The molecule has 94 valence electrons. The van der Waals surface area contributed by atoms with E-state index in [1.165, 1.54) is 50.9 Å². The molecule has 1 saturated heterocycles.